The summed E-state index contributed by atoms with van der Waals surface area (Å²) in [6.07, 6.45) is 2.26. The molecule has 0 fully saturated rings. The van der Waals surface area contributed by atoms with E-state index in [4.69, 9.17) is 28.5 Å². The highest BCUT2D eigenvalue weighted by molar-refractivity contribution is 6.38. The summed E-state index contributed by atoms with van der Waals surface area (Å²) in [6.45, 7) is 1.45. The Balaban J connectivity index is 2.24. The normalized spacial score (nSPS) is 10.5. The molecule has 0 radical (unpaired) electrons. The van der Waals surface area contributed by atoms with Crippen molar-refractivity contribution in [3.8, 4) is 12.1 Å². The number of rotatable bonds is 3. The van der Waals surface area contributed by atoms with Crippen molar-refractivity contribution in [3.05, 3.63) is 68.3 Å². The van der Waals surface area contributed by atoms with Crippen molar-refractivity contribution in [2.24, 2.45) is 7.05 Å². The van der Waals surface area contributed by atoms with Gasteiger partial charge in [-0.1, -0.05) is 23.2 Å². The van der Waals surface area contributed by atoms with E-state index in [9.17, 15) is 10.1 Å². The molecule has 0 saturated heterocycles. The van der Waals surface area contributed by atoms with Gasteiger partial charge in [0.05, 0.1) is 33.8 Å². The lowest BCUT2D eigenvalue weighted by Crippen LogP contribution is -1.99. The van der Waals surface area contributed by atoms with Crippen LogP contribution in [0.5, 0.6) is 0 Å². The molecule has 3 aromatic rings. The van der Waals surface area contributed by atoms with Gasteiger partial charge >= 0.3 is 0 Å². The molecule has 0 aliphatic heterocycles. The highest BCUT2D eigenvalue weighted by Crippen LogP contribution is 2.34. The maximum absolute atomic E-state index is 11.8. The fourth-order valence-corrected chi connectivity index (χ4v) is 3.76. The van der Waals surface area contributed by atoms with Crippen molar-refractivity contribution in [2.45, 2.75) is 13.3 Å². The average Bonchev–Trinajstić information content (AvgIpc) is 2.93. The lowest BCUT2D eigenvalue weighted by molar-refractivity contribution is 0.101. The Morgan fingerprint density at radius 3 is 2.54 bits per heavy atom. The Hall–Kier alpha value is -2.79. The number of hydrogen-bond acceptors (Lipinski definition) is 3. The topological polar surface area (TPSA) is 69.6 Å². The molecule has 0 bridgehead atoms. The Labute approximate surface area is 160 Å². The van der Waals surface area contributed by atoms with Crippen LogP contribution in [0.3, 0.4) is 0 Å². The fraction of sp³-hybridized carbons (Fsp3) is 0.150. The number of aromatic nitrogens is 1. The van der Waals surface area contributed by atoms with E-state index < -0.39 is 0 Å². The van der Waals surface area contributed by atoms with Crippen LogP contribution in [0.25, 0.3) is 10.9 Å². The number of halogens is 2. The summed E-state index contributed by atoms with van der Waals surface area (Å²) in [4.78, 5) is 11.8. The molecule has 0 saturated carbocycles. The number of benzene rings is 2. The van der Waals surface area contributed by atoms with Crippen LogP contribution in [0.4, 0.5) is 0 Å². The van der Waals surface area contributed by atoms with Crippen LogP contribution in [0.15, 0.2) is 30.5 Å². The van der Waals surface area contributed by atoms with Gasteiger partial charge in [-0.2, -0.15) is 10.5 Å². The molecule has 0 spiro atoms. The highest BCUT2D eigenvalue weighted by atomic mass is 35.5. The smallest absolute Gasteiger partial charge is 0.161 e. The minimum atomic E-state index is -0.137. The Morgan fingerprint density at radius 1 is 1.19 bits per heavy atom. The summed E-state index contributed by atoms with van der Waals surface area (Å²) in [7, 11) is 1.85. The summed E-state index contributed by atoms with van der Waals surface area (Å²) in [5.41, 5.74) is 3.54. The zero-order valence-corrected chi connectivity index (χ0v) is 15.6. The molecule has 26 heavy (non-hydrogen) atoms. The van der Waals surface area contributed by atoms with Gasteiger partial charge in [-0.15, -0.1) is 0 Å². The van der Waals surface area contributed by atoms with E-state index in [1.165, 1.54) is 6.92 Å². The summed E-state index contributed by atoms with van der Waals surface area (Å²) in [5, 5.41) is 20.2. The second kappa shape index (κ2) is 6.84. The highest BCUT2D eigenvalue weighted by Gasteiger charge is 2.18. The Bertz CT molecular complexity index is 1150. The van der Waals surface area contributed by atoms with Gasteiger partial charge in [0.2, 0.25) is 0 Å². The number of aryl methyl sites for hydroxylation is 1. The Kier molecular flexibility index (Phi) is 4.74. The molecule has 0 N–H and O–H groups in total. The maximum atomic E-state index is 11.8. The van der Waals surface area contributed by atoms with Crippen molar-refractivity contribution in [1.29, 1.82) is 10.5 Å². The second-order valence-electron chi connectivity index (χ2n) is 6.03. The van der Waals surface area contributed by atoms with E-state index in [0.29, 0.717) is 38.7 Å². The SMILES string of the molecule is CC(=O)c1ccc(Cl)c(Cc2cn(C)c3cc(C#N)cc(C#N)c23)c1Cl. The number of carbonyl (C=O) groups excluding carboxylic acids is 1. The van der Waals surface area contributed by atoms with E-state index >= 15 is 0 Å². The van der Waals surface area contributed by atoms with E-state index in [2.05, 4.69) is 12.1 Å². The molecule has 3 rings (SSSR count). The zero-order valence-electron chi connectivity index (χ0n) is 14.1. The number of hydrogen-bond donors (Lipinski definition) is 0. The lowest BCUT2D eigenvalue weighted by Gasteiger charge is -2.10. The number of fused-ring (bicyclic) bond motifs is 1. The minimum Gasteiger partial charge on any atom is -0.350 e. The zero-order chi connectivity index (χ0) is 19.0. The monoisotopic (exact) mass is 381 g/mol. The van der Waals surface area contributed by atoms with Gasteiger partial charge in [0.15, 0.2) is 5.78 Å². The fourth-order valence-electron chi connectivity index (χ4n) is 3.12. The summed E-state index contributed by atoms with van der Waals surface area (Å²) < 4.78 is 1.86. The number of carbonyl (C=O) groups is 1. The number of Topliss-reactive ketones (excluding diaryl/α,β-unsaturated/α-hetero) is 1. The molecule has 0 atom stereocenters. The summed E-state index contributed by atoms with van der Waals surface area (Å²) in [5.74, 6) is -0.137. The van der Waals surface area contributed by atoms with E-state index in [0.717, 1.165) is 16.5 Å². The molecule has 0 amide bonds. The van der Waals surface area contributed by atoms with Crippen molar-refractivity contribution in [2.75, 3.05) is 0 Å². The predicted octanol–water partition coefficient (Wildman–Crippen LogP) is 5.02. The van der Waals surface area contributed by atoms with Crippen LogP contribution in [0.1, 0.15) is 39.5 Å². The largest absolute Gasteiger partial charge is 0.350 e. The molecule has 1 heterocycles. The van der Waals surface area contributed by atoms with Crippen molar-refractivity contribution < 1.29 is 4.79 Å². The standard InChI is InChI=1S/C20H13Cl2N3O/c1-11(26)15-3-4-17(21)16(20(15)22)7-14-10-25(2)18-6-12(8-23)5-13(9-24)19(14)18/h3-6,10H,7H2,1-2H3. The van der Waals surface area contributed by atoms with Gasteiger partial charge in [-0.3, -0.25) is 4.79 Å². The van der Waals surface area contributed by atoms with Crippen LogP contribution in [-0.2, 0) is 13.5 Å². The molecule has 128 valence electrons. The molecule has 6 heteroatoms. The summed E-state index contributed by atoms with van der Waals surface area (Å²) >= 11 is 12.7. The van der Waals surface area contributed by atoms with Crippen LogP contribution < -0.4 is 0 Å². The van der Waals surface area contributed by atoms with Crippen molar-refractivity contribution in [1.82, 2.24) is 4.57 Å². The second-order valence-corrected chi connectivity index (χ2v) is 6.81. The van der Waals surface area contributed by atoms with Crippen LogP contribution in [-0.4, -0.2) is 10.4 Å². The first-order valence-electron chi connectivity index (χ1n) is 7.77. The van der Waals surface area contributed by atoms with Crippen LogP contribution in [0.2, 0.25) is 10.0 Å². The minimum absolute atomic E-state index is 0.137. The first kappa shape index (κ1) is 18.0. The molecule has 4 nitrogen and oxygen atoms in total. The predicted molar refractivity (Wildman–Crippen MR) is 102 cm³/mol. The van der Waals surface area contributed by atoms with Gasteiger partial charge in [-0.25, -0.2) is 0 Å². The third-order valence-electron chi connectivity index (χ3n) is 4.35. The molecule has 0 unspecified atom stereocenters. The van der Waals surface area contributed by atoms with Gasteiger partial charge in [0, 0.05) is 35.6 Å². The first-order chi connectivity index (χ1) is 12.4. The van der Waals surface area contributed by atoms with E-state index in [-0.39, 0.29) is 5.78 Å². The van der Waals surface area contributed by atoms with Crippen LogP contribution >= 0.6 is 23.2 Å². The van der Waals surface area contributed by atoms with Gasteiger partial charge < -0.3 is 4.57 Å². The summed E-state index contributed by atoms with van der Waals surface area (Å²) in [6, 6.07) is 10.8. The number of nitriles is 2. The van der Waals surface area contributed by atoms with Crippen molar-refractivity contribution >= 4 is 39.9 Å². The molecule has 1 aromatic heterocycles. The third kappa shape index (κ3) is 2.95. The Morgan fingerprint density at radius 2 is 1.92 bits per heavy atom. The van der Waals surface area contributed by atoms with Crippen molar-refractivity contribution in [3.63, 3.8) is 0 Å². The molecule has 2 aromatic carbocycles. The number of nitrogens with zero attached hydrogens (tertiary/aromatic N) is 3. The van der Waals surface area contributed by atoms with Gasteiger partial charge in [0.25, 0.3) is 0 Å². The lowest BCUT2D eigenvalue weighted by atomic mass is 9.98. The van der Waals surface area contributed by atoms with Gasteiger partial charge in [0.1, 0.15) is 0 Å². The van der Waals surface area contributed by atoms with E-state index in [1.807, 2.05) is 17.8 Å². The molecular formula is C20H13Cl2N3O. The van der Waals surface area contributed by atoms with Gasteiger partial charge in [-0.05, 0) is 42.3 Å². The molecule has 0 aliphatic carbocycles. The van der Waals surface area contributed by atoms with E-state index in [1.54, 1.807) is 24.3 Å². The quantitative estimate of drug-likeness (QED) is 0.597. The first-order valence-corrected chi connectivity index (χ1v) is 8.53. The maximum Gasteiger partial charge on any atom is 0.161 e. The molecule has 0 aliphatic rings. The third-order valence-corrected chi connectivity index (χ3v) is 5.14. The molecular weight excluding hydrogens is 369 g/mol. The average molecular weight is 382 g/mol. The number of ketones is 1. The van der Waals surface area contributed by atoms with Crippen LogP contribution in [0, 0.1) is 22.7 Å².